The van der Waals surface area contributed by atoms with Crippen LogP contribution in [0.2, 0.25) is 0 Å². The van der Waals surface area contributed by atoms with E-state index in [9.17, 15) is 19.6 Å². The van der Waals surface area contributed by atoms with Crippen LogP contribution in [0.5, 0.6) is 5.75 Å². The van der Waals surface area contributed by atoms with E-state index in [4.69, 9.17) is 15.6 Å². The maximum absolute atomic E-state index is 14.2. The summed E-state index contributed by atoms with van der Waals surface area (Å²) in [5.74, 6) is 0.0201. The van der Waals surface area contributed by atoms with Gasteiger partial charge in [0, 0.05) is 19.5 Å². The summed E-state index contributed by atoms with van der Waals surface area (Å²) in [6.45, 7) is 0.151. The van der Waals surface area contributed by atoms with Gasteiger partial charge in [-0.05, 0) is 34.9 Å². The number of hydrogen-bond acceptors (Lipinski definition) is 10. The smallest absolute Gasteiger partial charge is 0.333 e. The number of benzene rings is 3. The van der Waals surface area contributed by atoms with Crippen LogP contribution in [0.3, 0.4) is 0 Å². The number of piperazine rings is 1. The van der Waals surface area contributed by atoms with Gasteiger partial charge in [-0.25, -0.2) is 14.8 Å². The number of fused-ring (bicyclic) bond motifs is 2. The van der Waals surface area contributed by atoms with Gasteiger partial charge in [0.15, 0.2) is 5.13 Å². The zero-order valence-electron chi connectivity index (χ0n) is 25.5. The minimum atomic E-state index is -0.869. The predicted molar refractivity (Wildman–Crippen MR) is 174 cm³/mol. The van der Waals surface area contributed by atoms with Crippen molar-refractivity contribution in [3.8, 4) is 11.8 Å². The number of aliphatic hydroxyl groups excluding tert-OH is 1. The lowest BCUT2D eigenvalue weighted by atomic mass is 9.99. The van der Waals surface area contributed by atoms with E-state index >= 15 is 0 Å². The van der Waals surface area contributed by atoms with Crippen LogP contribution in [0.15, 0.2) is 72.8 Å². The third-order valence-corrected chi connectivity index (χ3v) is 9.06. The Morgan fingerprint density at radius 1 is 1.11 bits per heavy atom. The molecule has 2 saturated heterocycles. The van der Waals surface area contributed by atoms with Crippen LogP contribution in [0.25, 0.3) is 10.2 Å². The summed E-state index contributed by atoms with van der Waals surface area (Å²) < 4.78 is 6.38. The van der Waals surface area contributed by atoms with Crippen LogP contribution in [-0.2, 0) is 29.1 Å². The number of anilines is 1. The number of nitrogens with zero attached hydrogens (tertiary/aromatic N) is 6. The fourth-order valence-corrected chi connectivity index (χ4v) is 6.85. The molecule has 0 unspecified atom stereocenters. The van der Waals surface area contributed by atoms with Crippen molar-refractivity contribution in [2.75, 3.05) is 38.6 Å². The van der Waals surface area contributed by atoms with Crippen molar-refractivity contribution in [3.05, 3.63) is 89.5 Å². The number of nitriles is 1. The highest BCUT2D eigenvalue weighted by Gasteiger charge is 2.52. The zero-order valence-corrected chi connectivity index (χ0v) is 26.3. The highest BCUT2D eigenvalue weighted by atomic mass is 32.1. The first kappa shape index (κ1) is 31.7. The summed E-state index contributed by atoms with van der Waals surface area (Å²) in [5, 5.41) is 24.9. The first-order chi connectivity index (χ1) is 22.9. The van der Waals surface area contributed by atoms with Crippen molar-refractivity contribution in [2.45, 2.75) is 31.7 Å². The highest BCUT2D eigenvalue weighted by molar-refractivity contribution is 7.22. The number of nitrogens with two attached hydrogens (primary N) is 1. The molecular formula is C33H34N8O5S. The molecule has 242 valence electrons. The van der Waals surface area contributed by atoms with Gasteiger partial charge < -0.3 is 30.7 Å². The quantitative estimate of drug-likeness (QED) is 0.206. The van der Waals surface area contributed by atoms with Crippen molar-refractivity contribution < 1.29 is 24.2 Å². The second-order valence-electron chi connectivity index (χ2n) is 11.2. The van der Waals surface area contributed by atoms with Crippen molar-refractivity contribution in [1.29, 1.82) is 5.26 Å². The molecule has 4 aromatic rings. The molecule has 2 atom stereocenters. The topological polar surface area (TPSA) is 168 Å². The van der Waals surface area contributed by atoms with Gasteiger partial charge in [-0.1, -0.05) is 65.9 Å². The van der Waals surface area contributed by atoms with E-state index in [1.807, 2.05) is 60.7 Å². The van der Waals surface area contributed by atoms with E-state index in [1.165, 1.54) is 16.3 Å². The average Bonchev–Trinajstić information content (AvgIpc) is 3.63. The van der Waals surface area contributed by atoms with E-state index < -0.39 is 18.2 Å². The van der Waals surface area contributed by atoms with Crippen LogP contribution in [0.1, 0.15) is 16.7 Å². The monoisotopic (exact) mass is 654 g/mol. The third kappa shape index (κ3) is 6.82. The molecule has 0 saturated carbocycles. The van der Waals surface area contributed by atoms with Crippen LogP contribution in [-0.4, -0.2) is 92.8 Å². The number of rotatable bonds is 11. The van der Waals surface area contributed by atoms with Crippen LogP contribution in [0.4, 0.5) is 9.93 Å². The number of carbonyl (C=O) groups excluding carboxylic acids is 3. The molecule has 2 aliphatic heterocycles. The predicted octanol–water partition coefficient (Wildman–Crippen LogP) is 2.32. The number of nitrogens with one attached hydrogen (secondary N) is 1. The second kappa shape index (κ2) is 14.0. The number of hydrogen-bond donors (Lipinski definition) is 3. The number of urea groups is 1. The fourth-order valence-electron chi connectivity index (χ4n) is 6.07. The summed E-state index contributed by atoms with van der Waals surface area (Å²) in [5.41, 5.74) is 9.22. The molecule has 4 N–H and O–H groups in total. The van der Waals surface area contributed by atoms with E-state index in [-0.39, 0.29) is 64.2 Å². The van der Waals surface area contributed by atoms with Gasteiger partial charge in [0.1, 0.15) is 31.1 Å². The van der Waals surface area contributed by atoms with Crippen molar-refractivity contribution >= 4 is 44.5 Å². The summed E-state index contributed by atoms with van der Waals surface area (Å²) in [6, 6.07) is 22.9. The largest absolute Gasteiger partial charge is 0.491 e. The second-order valence-corrected chi connectivity index (χ2v) is 12.3. The van der Waals surface area contributed by atoms with E-state index in [0.717, 1.165) is 21.4 Å². The maximum Gasteiger partial charge on any atom is 0.333 e. The van der Waals surface area contributed by atoms with Gasteiger partial charge >= 0.3 is 6.03 Å². The molecule has 2 fully saturated rings. The number of nitrogen functional groups attached to an aromatic ring is 1. The summed E-state index contributed by atoms with van der Waals surface area (Å²) in [4.78, 5) is 49.2. The van der Waals surface area contributed by atoms with Gasteiger partial charge in [0.05, 0.1) is 36.0 Å². The minimum Gasteiger partial charge on any atom is -0.491 e. The molecule has 0 aliphatic carbocycles. The molecule has 3 heterocycles. The Morgan fingerprint density at radius 3 is 2.64 bits per heavy atom. The van der Waals surface area contributed by atoms with E-state index in [2.05, 4.69) is 16.4 Å². The molecule has 2 aliphatic rings. The Labute approximate surface area is 275 Å². The number of carbonyl (C=O) groups is 3. The molecule has 1 aromatic heterocycles. The molecule has 0 radical (unpaired) electrons. The molecule has 0 bridgehead atoms. The first-order valence-corrected chi connectivity index (χ1v) is 16.0. The fraction of sp³-hybridized carbons (Fsp3) is 0.303. The summed E-state index contributed by atoms with van der Waals surface area (Å²) in [6.07, 6.45) is -0.481. The van der Waals surface area contributed by atoms with Crippen molar-refractivity contribution in [2.24, 2.45) is 0 Å². The molecule has 6 rings (SSSR count). The standard InChI is InChI=1S/C33H34N8O5S/c34-13-14-39(33(45)36-18-23-5-2-1-3-6-23)40-21-29(43)41-26(17-22-9-11-25(12-10-22)46-16-15-42)31(44)38(20-28(40)41)19-24-7-4-8-27-30(24)37-32(35)47-27/h1-12,26,28,42H,14-21H2,(H2,35,37)(H,36,45)/t26-,28+/m0/s1. The normalized spacial score (nSPS) is 17.9. The lowest BCUT2D eigenvalue weighted by Crippen LogP contribution is -2.66. The average molecular weight is 655 g/mol. The molecule has 3 aromatic carbocycles. The number of thiazole rings is 1. The van der Waals surface area contributed by atoms with E-state index in [0.29, 0.717) is 16.4 Å². The summed E-state index contributed by atoms with van der Waals surface area (Å²) in [7, 11) is 0. The number of aromatic nitrogens is 1. The Kier molecular flexibility index (Phi) is 9.48. The molecule has 13 nitrogen and oxygen atoms in total. The number of ether oxygens (including phenoxy) is 1. The maximum atomic E-state index is 14.2. The lowest BCUT2D eigenvalue weighted by molar-refractivity contribution is -0.157. The molecule has 14 heteroatoms. The number of amides is 4. The first-order valence-electron chi connectivity index (χ1n) is 15.2. The Bertz CT molecular complexity index is 1790. The Hall–Kier alpha value is -5.23. The Morgan fingerprint density at radius 2 is 1.89 bits per heavy atom. The van der Waals surface area contributed by atoms with Crippen LogP contribution < -0.4 is 15.8 Å². The molecule has 4 amide bonds. The Balaban J connectivity index is 1.30. The highest BCUT2D eigenvalue weighted by Crippen LogP contribution is 2.32. The van der Waals surface area contributed by atoms with Crippen molar-refractivity contribution in [1.82, 2.24) is 30.1 Å². The van der Waals surface area contributed by atoms with Gasteiger partial charge in [-0.15, -0.1) is 0 Å². The van der Waals surface area contributed by atoms with Gasteiger partial charge in [-0.2, -0.15) is 10.3 Å². The summed E-state index contributed by atoms with van der Waals surface area (Å²) >= 11 is 1.37. The molecular weight excluding hydrogens is 620 g/mol. The van der Waals surface area contributed by atoms with E-state index in [1.54, 1.807) is 26.9 Å². The number of para-hydroxylation sites is 1. The van der Waals surface area contributed by atoms with Gasteiger partial charge in [-0.3, -0.25) is 9.59 Å². The molecule has 0 spiro atoms. The van der Waals surface area contributed by atoms with Crippen LogP contribution >= 0.6 is 11.3 Å². The van der Waals surface area contributed by atoms with Crippen molar-refractivity contribution in [3.63, 3.8) is 0 Å². The SMILES string of the molecule is N#CCN(C(=O)NCc1ccccc1)N1CC(=O)N2[C@@H](Cc3ccc(OCCO)cc3)C(=O)N(Cc3cccc4sc(N)nc34)C[C@@H]21. The molecule has 47 heavy (non-hydrogen) atoms. The minimum absolute atomic E-state index is 0.110. The van der Waals surface area contributed by atoms with Crippen LogP contribution in [0, 0.1) is 11.3 Å². The zero-order chi connectivity index (χ0) is 32.9. The number of hydrazine groups is 1. The van der Waals surface area contributed by atoms with Gasteiger partial charge in [0.2, 0.25) is 11.8 Å². The lowest BCUT2D eigenvalue weighted by Gasteiger charge is -2.46. The van der Waals surface area contributed by atoms with Gasteiger partial charge in [0.25, 0.3) is 0 Å². The third-order valence-electron chi connectivity index (χ3n) is 8.21. The number of aliphatic hydroxyl groups is 1.